The number of likely N-dealkylation sites (tertiary alicyclic amines) is 1. The normalized spacial score (nSPS) is 16.8. The molecule has 1 aliphatic rings. The molecule has 3 rings (SSSR count). The zero-order chi connectivity index (χ0) is 19.9. The van der Waals surface area contributed by atoms with Gasteiger partial charge in [-0.1, -0.05) is 5.21 Å². The van der Waals surface area contributed by atoms with E-state index in [0.29, 0.717) is 38.7 Å². The molecule has 10 nitrogen and oxygen atoms in total. The Morgan fingerprint density at radius 2 is 2.21 bits per heavy atom. The van der Waals surface area contributed by atoms with Crippen molar-refractivity contribution in [1.82, 2.24) is 25.2 Å². The number of carbonyl (C=O) groups excluding carboxylic acids is 2. The molecule has 2 amide bonds. The number of methoxy groups -OCH3 is 2. The summed E-state index contributed by atoms with van der Waals surface area (Å²) in [7, 11) is 3.07. The molecule has 3 heterocycles. The predicted octanol–water partition coefficient (Wildman–Crippen LogP) is 0.808. The van der Waals surface area contributed by atoms with Gasteiger partial charge < -0.3 is 24.1 Å². The molecular weight excluding hydrogens is 366 g/mol. The van der Waals surface area contributed by atoms with Gasteiger partial charge in [-0.05, 0) is 24.8 Å². The Kier molecular flexibility index (Phi) is 6.64. The molecule has 1 N–H and O–H groups in total. The number of aromatic nitrogens is 3. The zero-order valence-electron chi connectivity index (χ0n) is 16.1. The van der Waals surface area contributed by atoms with Crippen molar-refractivity contribution in [3.63, 3.8) is 0 Å². The van der Waals surface area contributed by atoms with Crippen molar-refractivity contribution in [2.75, 3.05) is 40.5 Å². The van der Waals surface area contributed by atoms with Gasteiger partial charge in [0.05, 0.1) is 19.9 Å². The van der Waals surface area contributed by atoms with E-state index in [1.54, 1.807) is 35.0 Å². The second-order valence-corrected chi connectivity index (χ2v) is 6.66. The first-order valence-corrected chi connectivity index (χ1v) is 9.21. The van der Waals surface area contributed by atoms with E-state index in [9.17, 15) is 9.59 Å². The molecule has 0 saturated carbocycles. The maximum absolute atomic E-state index is 12.6. The van der Waals surface area contributed by atoms with Crippen LogP contribution in [-0.4, -0.2) is 72.2 Å². The summed E-state index contributed by atoms with van der Waals surface area (Å²) in [5.74, 6) is 0.380. The van der Waals surface area contributed by atoms with Gasteiger partial charge in [-0.25, -0.2) is 0 Å². The lowest BCUT2D eigenvalue weighted by Gasteiger charge is -2.32. The number of rotatable bonds is 8. The Hall–Kier alpha value is -2.88. The monoisotopic (exact) mass is 391 g/mol. The van der Waals surface area contributed by atoms with Crippen LogP contribution in [-0.2, 0) is 11.3 Å². The van der Waals surface area contributed by atoms with Crippen LogP contribution in [0.1, 0.15) is 33.9 Å². The molecule has 0 aliphatic carbocycles. The molecule has 152 valence electrons. The lowest BCUT2D eigenvalue weighted by atomic mass is 9.98. The average Bonchev–Trinajstić information content (AvgIpc) is 3.37. The number of furan rings is 1. The van der Waals surface area contributed by atoms with Gasteiger partial charge >= 0.3 is 0 Å². The Morgan fingerprint density at radius 1 is 1.36 bits per heavy atom. The minimum atomic E-state index is -0.282. The molecule has 0 bridgehead atoms. The van der Waals surface area contributed by atoms with Gasteiger partial charge in [0.25, 0.3) is 17.8 Å². The van der Waals surface area contributed by atoms with Gasteiger partial charge in [-0.2, -0.15) is 0 Å². The average molecular weight is 391 g/mol. The molecule has 2 aromatic heterocycles. The number of hydrogen-bond acceptors (Lipinski definition) is 7. The maximum atomic E-state index is 12.6. The summed E-state index contributed by atoms with van der Waals surface area (Å²) in [6.07, 6.45) is 3.49. The molecule has 1 atom stereocenters. The molecule has 10 heteroatoms. The van der Waals surface area contributed by atoms with Crippen molar-refractivity contribution in [1.29, 1.82) is 0 Å². The minimum absolute atomic E-state index is 0.148. The SMILES string of the molecule is COCCNC(=O)c1cn(C[C@@H]2CCCN(C(=O)c3ccc(OC)o3)C2)nn1. The quantitative estimate of drug-likeness (QED) is 0.663. The van der Waals surface area contributed by atoms with Crippen molar-refractivity contribution >= 4 is 11.8 Å². The molecule has 1 fully saturated rings. The van der Waals surface area contributed by atoms with Crippen LogP contribution in [0.2, 0.25) is 0 Å². The van der Waals surface area contributed by atoms with Crippen molar-refractivity contribution in [3.05, 3.63) is 29.8 Å². The van der Waals surface area contributed by atoms with Crippen LogP contribution in [0.3, 0.4) is 0 Å². The first-order chi connectivity index (χ1) is 13.6. The predicted molar refractivity (Wildman–Crippen MR) is 98.1 cm³/mol. The van der Waals surface area contributed by atoms with E-state index in [2.05, 4.69) is 15.6 Å². The summed E-state index contributed by atoms with van der Waals surface area (Å²) in [4.78, 5) is 26.4. The van der Waals surface area contributed by atoms with Gasteiger partial charge in [0.1, 0.15) is 0 Å². The summed E-state index contributed by atoms with van der Waals surface area (Å²) in [6, 6.07) is 3.25. The molecule has 0 spiro atoms. The van der Waals surface area contributed by atoms with Crippen molar-refractivity contribution in [3.8, 4) is 5.95 Å². The highest BCUT2D eigenvalue weighted by Crippen LogP contribution is 2.22. The first kappa shape index (κ1) is 19.9. The molecule has 0 aromatic carbocycles. The number of carbonyl (C=O) groups is 2. The van der Waals surface area contributed by atoms with E-state index >= 15 is 0 Å². The maximum Gasteiger partial charge on any atom is 0.289 e. The highest BCUT2D eigenvalue weighted by atomic mass is 16.6. The zero-order valence-corrected chi connectivity index (χ0v) is 16.1. The molecule has 0 radical (unpaired) electrons. The van der Waals surface area contributed by atoms with Crippen LogP contribution in [0.15, 0.2) is 22.7 Å². The van der Waals surface area contributed by atoms with E-state index in [1.807, 2.05) is 0 Å². The number of piperidine rings is 1. The van der Waals surface area contributed by atoms with Crippen LogP contribution >= 0.6 is 0 Å². The summed E-state index contributed by atoms with van der Waals surface area (Å²) >= 11 is 0. The summed E-state index contributed by atoms with van der Waals surface area (Å²) < 4.78 is 16.9. The fourth-order valence-electron chi connectivity index (χ4n) is 3.21. The van der Waals surface area contributed by atoms with Gasteiger partial charge in [0, 0.05) is 39.4 Å². The number of nitrogens with one attached hydrogen (secondary N) is 1. The highest BCUT2D eigenvalue weighted by molar-refractivity contribution is 5.92. The van der Waals surface area contributed by atoms with Crippen LogP contribution in [0.4, 0.5) is 0 Å². The third kappa shape index (κ3) is 4.89. The first-order valence-electron chi connectivity index (χ1n) is 9.21. The Bertz CT molecular complexity index is 802. The minimum Gasteiger partial charge on any atom is -0.468 e. The second kappa shape index (κ2) is 9.36. The van der Waals surface area contributed by atoms with E-state index in [4.69, 9.17) is 13.9 Å². The number of ether oxygens (including phenoxy) is 2. The van der Waals surface area contributed by atoms with Crippen molar-refractivity contribution in [2.45, 2.75) is 19.4 Å². The fraction of sp³-hybridized carbons (Fsp3) is 0.556. The van der Waals surface area contributed by atoms with E-state index in [0.717, 1.165) is 12.8 Å². The highest BCUT2D eigenvalue weighted by Gasteiger charge is 2.27. The summed E-state index contributed by atoms with van der Waals surface area (Å²) in [6.45, 7) is 2.72. The second-order valence-electron chi connectivity index (χ2n) is 6.66. The number of hydrogen-bond donors (Lipinski definition) is 1. The number of nitrogens with zero attached hydrogens (tertiary/aromatic N) is 4. The molecule has 28 heavy (non-hydrogen) atoms. The third-order valence-electron chi connectivity index (χ3n) is 4.61. The largest absolute Gasteiger partial charge is 0.468 e. The topological polar surface area (TPSA) is 112 Å². The lowest BCUT2D eigenvalue weighted by molar-refractivity contribution is 0.0621. The Morgan fingerprint density at radius 3 is 2.96 bits per heavy atom. The number of amides is 2. The Balaban J connectivity index is 1.55. The standard InChI is InChI=1S/C18H25N5O5/c1-26-9-7-19-17(24)14-12-23(21-20-14)11-13-4-3-8-22(10-13)18(25)15-5-6-16(27-2)28-15/h5-6,12-13H,3-4,7-11H2,1-2H3,(H,19,24)/t13-/m1/s1. The summed E-state index contributed by atoms with van der Waals surface area (Å²) in [5.41, 5.74) is 0.266. The van der Waals surface area contributed by atoms with Crippen LogP contribution in [0, 0.1) is 5.92 Å². The van der Waals surface area contributed by atoms with Crippen LogP contribution in [0.25, 0.3) is 0 Å². The molecule has 0 unspecified atom stereocenters. The van der Waals surface area contributed by atoms with E-state index in [-0.39, 0.29) is 29.2 Å². The molecule has 2 aromatic rings. The van der Waals surface area contributed by atoms with Crippen molar-refractivity contribution < 1.29 is 23.5 Å². The molecule has 1 aliphatic heterocycles. The van der Waals surface area contributed by atoms with Crippen LogP contribution in [0.5, 0.6) is 5.95 Å². The van der Waals surface area contributed by atoms with Crippen LogP contribution < -0.4 is 10.1 Å². The Labute approximate surface area is 162 Å². The van der Waals surface area contributed by atoms with Gasteiger partial charge in [0.2, 0.25) is 0 Å². The van der Waals surface area contributed by atoms with Gasteiger partial charge in [-0.3, -0.25) is 14.3 Å². The van der Waals surface area contributed by atoms with E-state index < -0.39 is 0 Å². The smallest absolute Gasteiger partial charge is 0.289 e. The molecule has 1 saturated heterocycles. The van der Waals surface area contributed by atoms with Gasteiger partial charge in [0.15, 0.2) is 11.5 Å². The van der Waals surface area contributed by atoms with Gasteiger partial charge in [-0.15, -0.1) is 5.10 Å². The lowest BCUT2D eigenvalue weighted by Crippen LogP contribution is -2.41. The summed E-state index contributed by atoms with van der Waals surface area (Å²) in [5, 5.41) is 10.7. The molecular formula is C18H25N5O5. The third-order valence-corrected chi connectivity index (χ3v) is 4.61. The van der Waals surface area contributed by atoms with E-state index in [1.165, 1.54) is 7.11 Å². The van der Waals surface area contributed by atoms with Crippen molar-refractivity contribution in [2.24, 2.45) is 5.92 Å². The fourth-order valence-corrected chi connectivity index (χ4v) is 3.21.